The molecule has 0 aliphatic heterocycles. The van der Waals surface area contributed by atoms with Crippen LogP contribution >= 0.6 is 0 Å². The summed E-state index contributed by atoms with van der Waals surface area (Å²) in [5, 5.41) is 7.67. The Morgan fingerprint density at radius 2 is 0.883 bits per heavy atom. The molecule has 60 heavy (non-hydrogen) atoms. The quantitative estimate of drug-likeness (QED) is 0.112. The summed E-state index contributed by atoms with van der Waals surface area (Å²) in [6.45, 7) is 22.4. The summed E-state index contributed by atoms with van der Waals surface area (Å²) in [5.74, 6) is 0. The van der Waals surface area contributed by atoms with E-state index >= 15 is 0 Å². The number of fused-ring (bicyclic) bond motifs is 5. The normalized spacial score (nSPS) is 10.4. The van der Waals surface area contributed by atoms with Gasteiger partial charge in [0, 0.05) is 16.5 Å². The lowest BCUT2D eigenvalue weighted by Crippen LogP contribution is -1.95. The van der Waals surface area contributed by atoms with Crippen molar-refractivity contribution >= 4 is 43.4 Å². The van der Waals surface area contributed by atoms with Crippen LogP contribution in [0.4, 0.5) is 0 Å². The van der Waals surface area contributed by atoms with Gasteiger partial charge >= 0.3 is 0 Å². The number of benzene rings is 8. The Labute approximate surface area is 359 Å². The van der Waals surface area contributed by atoms with Crippen molar-refractivity contribution in [3.05, 3.63) is 226 Å². The van der Waals surface area contributed by atoms with E-state index in [0.717, 1.165) is 6.42 Å². The van der Waals surface area contributed by atoms with E-state index in [4.69, 9.17) is 0 Å². The molecule has 1 heterocycles. The van der Waals surface area contributed by atoms with Crippen LogP contribution in [0.25, 0.3) is 82.4 Å². The molecule has 8 aromatic carbocycles. The number of hydrogen-bond donors (Lipinski definition) is 0. The van der Waals surface area contributed by atoms with Gasteiger partial charge in [-0.25, -0.2) is 0 Å². The molecule has 0 bridgehead atoms. The highest BCUT2D eigenvalue weighted by atomic mass is 15.0. The SMILES string of the molecule is C=C/C=C/C.C=CC=C.CC.CC.CCc1cccc(-n2c3ccccc3c3cc(-c4ccc(-c5c6ccccc6c(-c6ccccc6)c6ccccc56)cc4)ccc32)c1. The molecular weight excluding hydrogens is 723 g/mol. The van der Waals surface area contributed by atoms with Gasteiger partial charge in [0.1, 0.15) is 0 Å². The summed E-state index contributed by atoms with van der Waals surface area (Å²) < 4.78 is 2.41. The van der Waals surface area contributed by atoms with Gasteiger partial charge in [0.2, 0.25) is 0 Å². The molecule has 0 aliphatic rings. The van der Waals surface area contributed by atoms with Crippen molar-refractivity contribution < 1.29 is 0 Å². The Morgan fingerprint density at radius 3 is 1.38 bits per heavy atom. The molecule has 1 aromatic heterocycles. The van der Waals surface area contributed by atoms with Gasteiger partial charge in [0.05, 0.1) is 11.0 Å². The average Bonchev–Trinajstić information content (AvgIpc) is 3.66. The number of allylic oxidation sites excluding steroid dienone is 5. The maximum absolute atomic E-state index is 3.46. The maximum Gasteiger partial charge on any atom is 0.0541 e. The predicted octanol–water partition coefficient (Wildman–Crippen LogP) is 17.8. The van der Waals surface area contributed by atoms with Gasteiger partial charge in [-0.15, -0.1) is 0 Å². The molecule has 9 rings (SSSR count). The third-order valence-electron chi connectivity index (χ3n) is 10.2. The summed E-state index contributed by atoms with van der Waals surface area (Å²) in [6.07, 6.45) is 9.88. The van der Waals surface area contributed by atoms with E-state index in [2.05, 4.69) is 201 Å². The topological polar surface area (TPSA) is 4.93 Å². The van der Waals surface area contributed by atoms with Crippen molar-refractivity contribution in [3.63, 3.8) is 0 Å². The first-order valence-electron chi connectivity index (χ1n) is 21.3. The van der Waals surface area contributed by atoms with Gasteiger partial charge in [-0.3, -0.25) is 0 Å². The van der Waals surface area contributed by atoms with Crippen LogP contribution in [0, 0.1) is 0 Å². The van der Waals surface area contributed by atoms with E-state index < -0.39 is 0 Å². The number of rotatable bonds is 7. The molecule has 0 amide bonds. The molecule has 0 unspecified atom stereocenters. The van der Waals surface area contributed by atoms with Gasteiger partial charge in [0.15, 0.2) is 0 Å². The minimum atomic E-state index is 1.02. The second kappa shape index (κ2) is 22.3. The highest BCUT2D eigenvalue weighted by Crippen LogP contribution is 2.44. The molecule has 0 spiro atoms. The fourth-order valence-corrected chi connectivity index (χ4v) is 7.67. The first-order chi connectivity index (χ1) is 29.6. The maximum atomic E-state index is 3.46. The van der Waals surface area contributed by atoms with Gasteiger partial charge in [0.25, 0.3) is 0 Å². The Hall–Kier alpha value is -6.96. The first-order valence-corrected chi connectivity index (χ1v) is 21.3. The van der Waals surface area contributed by atoms with E-state index in [1.165, 1.54) is 88.0 Å². The number of nitrogens with zero attached hydrogens (tertiary/aromatic N) is 1. The summed E-state index contributed by atoms with van der Waals surface area (Å²) in [5.41, 5.74) is 12.5. The molecule has 9 aromatic rings. The van der Waals surface area contributed by atoms with E-state index in [1.54, 1.807) is 18.2 Å². The lowest BCUT2D eigenvalue weighted by molar-refractivity contribution is 1.11. The van der Waals surface area contributed by atoms with E-state index in [-0.39, 0.29) is 0 Å². The largest absolute Gasteiger partial charge is 0.309 e. The lowest BCUT2D eigenvalue weighted by atomic mass is 9.86. The minimum absolute atomic E-state index is 1.02. The molecule has 1 nitrogen and oxygen atoms in total. The molecule has 300 valence electrons. The molecule has 0 saturated heterocycles. The highest BCUT2D eigenvalue weighted by molar-refractivity contribution is 6.21. The Balaban J connectivity index is 0.000000468. The third-order valence-corrected chi connectivity index (χ3v) is 10.2. The standard InChI is InChI=1S/C46H33N.C5H8.C4H6.2C2H6/c1-2-31-13-12-16-36(29-31)47-43-22-11-10-17-37(43)42-30-35(27-28-44(42)47)32-23-25-34(26-24-32)46-40-20-8-6-18-38(40)45(33-14-4-3-5-15-33)39-19-7-9-21-41(39)46;1-3-5-4-2;1-3-4-2;2*1-2/h3-30H,2H2,1H3;3-5H,1H2,2H3;3-4H,1-2H2;2*1-2H3/b;5-4+;;;. The predicted molar refractivity (Wildman–Crippen MR) is 270 cm³/mol. The summed E-state index contributed by atoms with van der Waals surface area (Å²) in [7, 11) is 0. The molecule has 0 fully saturated rings. The molecule has 0 atom stereocenters. The van der Waals surface area contributed by atoms with Crippen LogP contribution < -0.4 is 0 Å². The summed E-state index contributed by atoms with van der Waals surface area (Å²) >= 11 is 0. The van der Waals surface area contributed by atoms with Crippen LogP contribution in [0.3, 0.4) is 0 Å². The van der Waals surface area contributed by atoms with Gasteiger partial charge in [-0.05, 0) is 104 Å². The van der Waals surface area contributed by atoms with Crippen molar-refractivity contribution in [1.29, 1.82) is 0 Å². The van der Waals surface area contributed by atoms with Crippen LogP contribution in [0.2, 0.25) is 0 Å². The van der Waals surface area contributed by atoms with Crippen molar-refractivity contribution in [1.82, 2.24) is 4.57 Å². The van der Waals surface area contributed by atoms with Crippen molar-refractivity contribution in [2.24, 2.45) is 0 Å². The molecule has 0 N–H and O–H groups in total. The summed E-state index contributed by atoms with van der Waals surface area (Å²) in [6, 6.07) is 62.3. The van der Waals surface area contributed by atoms with Crippen LogP contribution in [-0.4, -0.2) is 4.57 Å². The number of aryl methyl sites for hydroxylation is 1. The summed E-state index contributed by atoms with van der Waals surface area (Å²) in [4.78, 5) is 0. The van der Waals surface area contributed by atoms with E-state index in [1.807, 2.05) is 46.8 Å². The molecular formula is C59H59N. The second-order valence-electron chi connectivity index (χ2n) is 13.6. The first kappa shape index (κ1) is 44.1. The lowest BCUT2D eigenvalue weighted by Gasteiger charge is -2.18. The van der Waals surface area contributed by atoms with Crippen molar-refractivity contribution in [3.8, 4) is 39.1 Å². The molecule has 0 saturated carbocycles. The third kappa shape index (κ3) is 9.49. The van der Waals surface area contributed by atoms with E-state index in [9.17, 15) is 0 Å². The fraction of sp³-hybridized carbons (Fsp3) is 0.119. The van der Waals surface area contributed by atoms with Gasteiger partial charge < -0.3 is 4.57 Å². The van der Waals surface area contributed by atoms with Crippen LogP contribution in [0.15, 0.2) is 220 Å². The minimum Gasteiger partial charge on any atom is -0.309 e. The Kier molecular flexibility index (Phi) is 16.4. The van der Waals surface area contributed by atoms with Crippen LogP contribution in [-0.2, 0) is 6.42 Å². The Morgan fingerprint density at radius 1 is 0.417 bits per heavy atom. The van der Waals surface area contributed by atoms with E-state index in [0.29, 0.717) is 0 Å². The highest BCUT2D eigenvalue weighted by Gasteiger charge is 2.17. The molecule has 0 aliphatic carbocycles. The zero-order valence-electron chi connectivity index (χ0n) is 36.3. The van der Waals surface area contributed by atoms with Gasteiger partial charge in [-0.1, -0.05) is 224 Å². The van der Waals surface area contributed by atoms with Crippen LogP contribution in [0.1, 0.15) is 47.1 Å². The Bertz CT molecular complexity index is 2770. The average molecular weight is 782 g/mol. The second-order valence-corrected chi connectivity index (χ2v) is 13.6. The number of para-hydroxylation sites is 1. The number of aromatic nitrogens is 1. The zero-order chi connectivity index (χ0) is 42.9. The monoisotopic (exact) mass is 781 g/mol. The molecule has 1 heteroatoms. The van der Waals surface area contributed by atoms with Crippen molar-refractivity contribution in [2.75, 3.05) is 0 Å². The zero-order valence-corrected chi connectivity index (χ0v) is 36.3. The van der Waals surface area contributed by atoms with Gasteiger partial charge in [-0.2, -0.15) is 0 Å². The fourth-order valence-electron chi connectivity index (χ4n) is 7.67. The van der Waals surface area contributed by atoms with Crippen LogP contribution in [0.5, 0.6) is 0 Å². The van der Waals surface area contributed by atoms with Crippen molar-refractivity contribution in [2.45, 2.75) is 48.0 Å². The number of hydrogen-bond acceptors (Lipinski definition) is 0. The molecule has 0 radical (unpaired) electrons. The smallest absolute Gasteiger partial charge is 0.0541 e.